The Morgan fingerprint density at radius 3 is 0.785 bits per heavy atom. The average molecular weight is 1110 g/mol. The molecule has 0 bridgehead atoms. The van der Waals surface area contributed by atoms with E-state index in [1.54, 1.807) is 0 Å². The maximum Gasteiger partial charge on any atom is 0.306 e. The molecule has 0 heterocycles. The van der Waals surface area contributed by atoms with Crippen molar-refractivity contribution < 1.29 is 28.6 Å². The monoisotopic (exact) mass is 1110 g/mol. The number of carbonyl (C=O) groups excluding carboxylic acids is 3. The molecule has 0 aliphatic rings. The lowest BCUT2D eigenvalue weighted by molar-refractivity contribution is -0.167. The number of esters is 3. The molecule has 0 aromatic carbocycles. The molecule has 0 fully saturated rings. The van der Waals surface area contributed by atoms with Gasteiger partial charge in [0, 0.05) is 19.3 Å². The summed E-state index contributed by atoms with van der Waals surface area (Å²) in [7, 11) is 0. The lowest BCUT2D eigenvalue weighted by atomic mass is 10.0. The van der Waals surface area contributed by atoms with Crippen LogP contribution in [0.1, 0.15) is 367 Å². The Morgan fingerprint density at radius 2 is 0.494 bits per heavy atom. The SMILES string of the molecule is CC/C=C\C/C=C\C/C=C\C/C=C\CCCCCCCCCCCCCCCCC(=O)OCC(COC(=O)CCCCCCC/C=C\CCCCCCCC)OC(=O)CCCCCCCCCCCCCCCCCCCCC. The lowest BCUT2D eigenvalue weighted by Crippen LogP contribution is -2.30. The first-order chi connectivity index (χ1) is 39.0. The predicted molar refractivity (Wildman–Crippen MR) is 344 cm³/mol. The minimum Gasteiger partial charge on any atom is -0.462 e. The van der Waals surface area contributed by atoms with Crippen LogP contribution < -0.4 is 0 Å². The van der Waals surface area contributed by atoms with Gasteiger partial charge in [-0.05, 0) is 83.5 Å². The first kappa shape index (κ1) is 76.1. The fourth-order valence-corrected chi connectivity index (χ4v) is 10.3. The van der Waals surface area contributed by atoms with Gasteiger partial charge in [0.05, 0.1) is 0 Å². The number of allylic oxidation sites excluding steroid dienone is 10. The summed E-state index contributed by atoms with van der Waals surface area (Å²) in [6, 6.07) is 0. The Labute approximate surface area is 491 Å². The highest BCUT2D eigenvalue weighted by atomic mass is 16.6. The van der Waals surface area contributed by atoms with Gasteiger partial charge in [-0.25, -0.2) is 0 Å². The summed E-state index contributed by atoms with van der Waals surface area (Å²) in [5, 5.41) is 0. The quantitative estimate of drug-likeness (QED) is 0.0261. The van der Waals surface area contributed by atoms with Crippen molar-refractivity contribution in [3.8, 4) is 0 Å². The smallest absolute Gasteiger partial charge is 0.306 e. The Kier molecular flexibility index (Phi) is 65.1. The number of rotatable bonds is 64. The zero-order valence-electron chi connectivity index (χ0n) is 52.9. The highest BCUT2D eigenvalue weighted by Gasteiger charge is 2.19. The van der Waals surface area contributed by atoms with Crippen LogP contribution in [0.4, 0.5) is 0 Å². The van der Waals surface area contributed by atoms with E-state index >= 15 is 0 Å². The van der Waals surface area contributed by atoms with Gasteiger partial charge < -0.3 is 14.2 Å². The van der Waals surface area contributed by atoms with Crippen molar-refractivity contribution in [1.82, 2.24) is 0 Å². The maximum absolute atomic E-state index is 12.9. The van der Waals surface area contributed by atoms with Crippen molar-refractivity contribution in [3.63, 3.8) is 0 Å². The van der Waals surface area contributed by atoms with Crippen molar-refractivity contribution in [2.45, 2.75) is 374 Å². The third kappa shape index (κ3) is 65.8. The first-order valence-electron chi connectivity index (χ1n) is 34.8. The molecule has 0 rings (SSSR count). The fraction of sp³-hybridized carbons (Fsp3) is 0.822. The summed E-state index contributed by atoms with van der Waals surface area (Å²) in [5.74, 6) is -0.856. The third-order valence-corrected chi connectivity index (χ3v) is 15.5. The first-order valence-corrected chi connectivity index (χ1v) is 34.8. The zero-order valence-corrected chi connectivity index (χ0v) is 52.9. The lowest BCUT2D eigenvalue weighted by Gasteiger charge is -2.18. The molecular formula is C73H132O6. The minimum atomic E-state index is -0.776. The molecule has 0 radical (unpaired) electrons. The molecule has 0 amide bonds. The predicted octanol–water partition coefficient (Wildman–Crippen LogP) is 23.9. The van der Waals surface area contributed by atoms with Crippen molar-refractivity contribution in [3.05, 3.63) is 60.8 Å². The van der Waals surface area contributed by atoms with Gasteiger partial charge in [-0.1, -0.05) is 326 Å². The molecule has 0 aliphatic heterocycles. The highest BCUT2D eigenvalue weighted by Crippen LogP contribution is 2.18. The van der Waals surface area contributed by atoms with Crippen LogP contribution in [0.2, 0.25) is 0 Å². The van der Waals surface area contributed by atoms with Gasteiger partial charge >= 0.3 is 17.9 Å². The number of hydrogen-bond acceptors (Lipinski definition) is 6. The van der Waals surface area contributed by atoms with Crippen LogP contribution in [-0.2, 0) is 28.6 Å². The molecule has 0 saturated carbocycles. The molecule has 79 heavy (non-hydrogen) atoms. The van der Waals surface area contributed by atoms with E-state index in [4.69, 9.17) is 14.2 Å². The summed E-state index contributed by atoms with van der Waals surface area (Å²) in [5.41, 5.74) is 0. The van der Waals surface area contributed by atoms with Gasteiger partial charge in [0.1, 0.15) is 13.2 Å². The normalized spacial score (nSPS) is 12.4. The van der Waals surface area contributed by atoms with Crippen LogP contribution in [0.25, 0.3) is 0 Å². The molecule has 0 saturated heterocycles. The van der Waals surface area contributed by atoms with E-state index in [0.29, 0.717) is 19.3 Å². The van der Waals surface area contributed by atoms with E-state index in [0.717, 1.165) is 89.9 Å². The zero-order chi connectivity index (χ0) is 57.1. The van der Waals surface area contributed by atoms with Gasteiger partial charge in [0.25, 0.3) is 0 Å². The van der Waals surface area contributed by atoms with Crippen molar-refractivity contribution in [2.75, 3.05) is 13.2 Å². The van der Waals surface area contributed by atoms with E-state index < -0.39 is 6.10 Å². The maximum atomic E-state index is 12.9. The molecule has 460 valence electrons. The molecule has 1 atom stereocenters. The number of ether oxygens (including phenoxy) is 3. The highest BCUT2D eigenvalue weighted by molar-refractivity contribution is 5.71. The van der Waals surface area contributed by atoms with Crippen molar-refractivity contribution in [2.24, 2.45) is 0 Å². The number of hydrogen-bond donors (Lipinski definition) is 0. The summed E-state index contributed by atoms with van der Waals surface area (Å²) in [6.45, 7) is 6.58. The molecule has 0 aliphatic carbocycles. The Bertz CT molecular complexity index is 1410. The van der Waals surface area contributed by atoms with Crippen LogP contribution >= 0.6 is 0 Å². The second kappa shape index (κ2) is 67.6. The van der Waals surface area contributed by atoms with Crippen LogP contribution in [0.3, 0.4) is 0 Å². The Balaban J connectivity index is 4.27. The van der Waals surface area contributed by atoms with Gasteiger partial charge in [-0.15, -0.1) is 0 Å². The molecule has 6 heteroatoms. The van der Waals surface area contributed by atoms with E-state index in [9.17, 15) is 14.4 Å². The molecule has 1 unspecified atom stereocenters. The molecule has 6 nitrogen and oxygen atoms in total. The van der Waals surface area contributed by atoms with Crippen molar-refractivity contribution in [1.29, 1.82) is 0 Å². The molecule has 0 spiro atoms. The average Bonchev–Trinajstić information content (AvgIpc) is 3.45. The van der Waals surface area contributed by atoms with Gasteiger partial charge in [0.15, 0.2) is 6.10 Å². The van der Waals surface area contributed by atoms with Crippen LogP contribution in [-0.4, -0.2) is 37.2 Å². The summed E-state index contributed by atoms with van der Waals surface area (Å²) >= 11 is 0. The second-order valence-electron chi connectivity index (χ2n) is 23.4. The molecule has 0 N–H and O–H groups in total. The van der Waals surface area contributed by atoms with Gasteiger partial charge in [-0.2, -0.15) is 0 Å². The molecule has 0 aromatic rings. The number of unbranched alkanes of at least 4 members (excludes halogenated alkanes) is 43. The topological polar surface area (TPSA) is 78.9 Å². The van der Waals surface area contributed by atoms with Gasteiger partial charge in [0.2, 0.25) is 0 Å². The second-order valence-corrected chi connectivity index (χ2v) is 23.4. The molecular weight excluding hydrogens is 973 g/mol. The Morgan fingerprint density at radius 1 is 0.266 bits per heavy atom. The van der Waals surface area contributed by atoms with E-state index in [-0.39, 0.29) is 31.1 Å². The summed E-state index contributed by atoms with van der Waals surface area (Å²) in [6.07, 6.45) is 86.7. The third-order valence-electron chi connectivity index (χ3n) is 15.5. The van der Waals surface area contributed by atoms with Crippen molar-refractivity contribution >= 4 is 17.9 Å². The minimum absolute atomic E-state index is 0.0723. The van der Waals surface area contributed by atoms with Gasteiger partial charge in [-0.3, -0.25) is 14.4 Å². The van der Waals surface area contributed by atoms with E-state index in [1.165, 1.54) is 238 Å². The van der Waals surface area contributed by atoms with Crippen LogP contribution in [0.15, 0.2) is 60.8 Å². The summed E-state index contributed by atoms with van der Waals surface area (Å²) in [4.78, 5) is 38.4. The van der Waals surface area contributed by atoms with Crippen LogP contribution in [0.5, 0.6) is 0 Å². The largest absolute Gasteiger partial charge is 0.462 e. The summed E-state index contributed by atoms with van der Waals surface area (Å²) < 4.78 is 17.0. The molecule has 0 aromatic heterocycles. The van der Waals surface area contributed by atoms with E-state index in [2.05, 4.69) is 81.5 Å². The van der Waals surface area contributed by atoms with E-state index in [1.807, 2.05) is 0 Å². The Hall–Kier alpha value is -2.89. The van der Waals surface area contributed by atoms with Crippen LogP contribution in [0, 0.1) is 0 Å². The standard InChI is InChI=1S/C73H132O6/c1-4-7-10-13-16-19-22-25-28-30-32-33-34-35-36-37-38-39-41-42-45-48-51-54-57-60-63-66-72(75)78-69-70(68-77-71(74)65-62-59-56-53-50-47-44-27-24-21-18-15-12-9-6-3)79-73(76)67-64-61-58-55-52-49-46-43-40-31-29-26-23-20-17-14-11-8-5-2/h7,10,16,19,25,27-28,32-33,44,70H,4-6,8-9,11-15,17-18,20-24,26,29-31,34-43,45-69H2,1-3H3/b10-7-,19-16-,28-25-,33-32-,44-27-. The fourth-order valence-electron chi connectivity index (χ4n) is 10.3. The number of carbonyl (C=O) groups is 3.